The number of hydrogen-bond acceptors (Lipinski definition) is 4. The first kappa shape index (κ1) is 16.7. The zero-order chi connectivity index (χ0) is 15.9. The first-order chi connectivity index (χ1) is 10.6. The summed E-state index contributed by atoms with van der Waals surface area (Å²) in [5.74, 6) is 0. The number of carbonyl (C=O) groups is 1. The third-order valence-corrected chi connectivity index (χ3v) is 4.27. The third kappa shape index (κ3) is 4.68. The maximum Gasteiger partial charge on any atom is 0.317 e. The number of nitrogens with zero attached hydrogens (tertiary/aromatic N) is 3. The molecule has 0 bridgehead atoms. The number of carbonyl (C=O) groups excluding carboxylic acids is 1. The van der Waals surface area contributed by atoms with Crippen molar-refractivity contribution in [2.24, 2.45) is 0 Å². The number of urea groups is 1. The molecule has 2 amide bonds. The van der Waals surface area contributed by atoms with Gasteiger partial charge in [-0.2, -0.15) is 0 Å². The zero-order valence-corrected chi connectivity index (χ0v) is 13.4. The topological polar surface area (TPSA) is 68.7 Å². The summed E-state index contributed by atoms with van der Waals surface area (Å²) in [4.78, 5) is 20.3. The van der Waals surface area contributed by atoms with E-state index in [0.29, 0.717) is 0 Å². The van der Waals surface area contributed by atoms with E-state index < -0.39 is 0 Å². The standard InChI is InChI=1S/C16H26N4O2/c1-13(12-21)19(2)16(22)18-14-6-9-20(10-7-14)11-15-5-3-4-8-17-15/h3-5,8,13-14,21H,6-7,9-12H2,1-2H3,(H,18,22). The van der Waals surface area contributed by atoms with E-state index >= 15 is 0 Å². The fraction of sp³-hybridized carbons (Fsp3) is 0.625. The van der Waals surface area contributed by atoms with Gasteiger partial charge in [0.25, 0.3) is 0 Å². The molecule has 6 nitrogen and oxygen atoms in total. The van der Waals surface area contributed by atoms with Crippen molar-refractivity contribution >= 4 is 6.03 Å². The average Bonchev–Trinajstić information content (AvgIpc) is 2.56. The van der Waals surface area contributed by atoms with Gasteiger partial charge < -0.3 is 15.3 Å². The van der Waals surface area contributed by atoms with Crippen molar-refractivity contribution in [1.82, 2.24) is 20.1 Å². The normalized spacial score (nSPS) is 18.0. The first-order valence-corrected chi connectivity index (χ1v) is 7.86. The second-order valence-electron chi connectivity index (χ2n) is 5.96. The molecule has 1 aromatic heterocycles. The Morgan fingerprint density at radius 3 is 2.82 bits per heavy atom. The van der Waals surface area contributed by atoms with Gasteiger partial charge in [0.2, 0.25) is 0 Å². The van der Waals surface area contributed by atoms with Gasteiger partial charge in [-0.15, -0.1) is 0 Å². The average molecular weight is 306 g/mol. The maximum atomic E-state index is 12.1. The van der Waals surface area contributed by atoms with Gasteiger partial charge in [0.05, 0.1) is 18.3 Å². The predicted octanol–water partition coefficient (Wildman–Crippen LogP) is 1.07. The fourth-order valence-electron chi connectivity index (χ4n) is 2.56. The van der Waals surface area contributed by atoms with Gasteiger partial charge in [-0.25, -0.2) is 4.79 Å². The summed E-state index contributed by atoms with van der Waals surface area (Å²) >= 11 is 0. The lowest BCUT2D eigenvalue weighted by Crippen LogP contribution is -2.50. The number of aliphatic hydroxyl groups is 1. The van der Waals surface area contributed by atoms with Crippen LogP contribution in [-0.2, 0) is 6.54 Å². The molecule has 1 unspecified atom stereocenters. The second kappa shape index (κ2) is 8.10. The van der Waals surface area contributed by atoms with Crippen LogP contribution in [0.25, 0.3) is 0 Å². The molecule has 1 aliphatic rings. The molecular weight excluding hydrogens is 280 g/mol. The van der Waals surface area contributed by atoms with Crippen molar-refractivity contribution < 1.29 is 9.90 Å². The van der Waals surface area contributed by atoms with Gasteiger partial charge in [0.15, 0.2) is 0 Å². The molecule has 1 aromatic rings. The van der Waals surface area contributed by atoms with Crippen LogP contribution in [0, 0.1) is 0 Å². The van der Waals surface area contributed by atoms with E-state index in [9.17, 15) is 4.79 Å². The highest BCUT2D eigenvalue weighted by molar-refractivity contribution is 5.74. The molecule has 2 N–H and O–H groups in total. The van der Waals surface area contributed by atoms with Gasteiger partial charge in [-0.05, 0) is 31.9 Å². The van der Waals surface area contributed by atoms with E-state index in [1.807, 2.05) is 31.3 Å². The minimum atomic E-state index is -0.163. The molecule has 0 spiro atoms. The molecule has 6 heteroatoms. The smallest absolute Gasteiger partial charge is 0.317 e. The maximum absolute atomic E-state index is 12.1. The van der Waals surface area contributed by atoms with E-state index in [1.165, 1.54) is 0 Å². The van der Waals surface area contributed by atoms with Crippen LogP contribution in [-0.4, -0.2) is 64.7 Å². The van der Waals surface area contributed by atoms with Gasteiger partial charge >= 0.3 is 6.03 Å². The molecule has 1 atom stereocenters. The van der Waals surface area contributed by atoms with Crippen LogP contribution in [0.2, 0.25) is 0 Å². The fourth-order valence-corrected chi connectivity index (χ4v) is 2.56. The Balaban J connectivity index is 1.74. The Morgan fingerprint density at radius 1 is 1.50 bits per heavy atom. The molecule has 1 saturated heterocycles. The van der Waals surface area contributed by atoms with Gasteiger partial charge in [-0.3, -0.25) is 9.88 Å². The summed E-state index contributed by atoms with van der Waals surface area (Å²) < 4.78 is 0. The molecule has 0 aromatic carbocycles. The zero-order valence-electron chi connectivity index (χ0n) is 13.4. The van der Waals surface area contributed by atoms with E-state index in [0.717, 1.165) is 38.2 Å². The van der Waals surface area contributed by atoms with Crippen molar-refractivity contribution in [3.63, 3.8) is 0 Å². The first-order valence-electron chi connectivity index (χ1n) is 7.86. The highest BCUT2D eigenvalue weighted by Crippen LogP contribution is 2.13. The number of likely N-dealkylation sites (N-methyl/N-ethyl adjacent to an activating group) is 1. The number of rotatable bonds is 5. The highest BCUT2D eigenvalue weighted by Gasteiger charge is 2.23. The summed E-state index contributed by atoms with van der Waals surface area (Å²) in [6, 6.07) is 5.91. The molecule has 0 saturated carbocycles. The minimum Gasteiger partial charge on any atom is -0.394 e. The van der Waals surface area contributed by atoms with Crippen LogP contribution in [0.1, 0.15) is 25.5 Å². The Morgan fingerprint density at radius 2 is 2.23 bits per heavy atom. The Kier molecular flexibility index (Phi) is 6.15. The van der Waals surface area contributed by atoms with Crippen molar-refractivity contribution in [1.29, 1.82) is 0 Å². The van der Waals surface area contributed by atoms with Gasteiger partial charge in [0.1, 0.15) is 0 Å². The van der Waals surface area contributed by atoms with Crippen molar-refractivity contribution in [2.45, 2.75) is 38.4 Å². The molecule has 1 fully saturated rings. The van der Waals surface area contributed by atoms with Crippen molar-refractivity contribution in [2.75, 3.05) is 26.7 Å². The van der Waals surface area contributed by atoms with Crippen molar-refractivity contribution in [3.05, 3.63) is 30.1 Å². The van der Waals surface area contributed by atoms with Crippen molar-refractivity contribution in [3.8, 4) is 0 Å². The quantitative estimate of drug-likeness (QED) is 0.854. The number of nitrogens with one attached hydrogen (secondary N) is 1. The SMILES string of the molecule is CC(CO)N(C)C(=O)NC1CCN(Cc2ccccn2)CC1. The molecule has 0 radical (unpaired) electrons. The molecular formula is C16H26N4O2. The summed E-state index contributed by atoms with van der Waals surface area (Å²) in [5.41, 5.74) is 1.08. The van der Waals surface area contributed by atoms with E-state index in [2.05, 4.69) is 15.2 Å². The molecule has 22 heavy (non-hydrogen) atoms. The van der Waals surface area contributed by atoms with Crippen LogP contribution < -0.4 is 5.32 Å². The molecule has 1 aliphatic heterocycles. The van der Waals surface area contributed by atoms with Gasteiger partial charge in [0, 0.05) is 38.9 Å². The van der Waals surface area contributed by atoms with E-state index in [-0.39, 0.29) is 24.7 Å². The van der Waals surface area contributed by atoms with Crippen LogP contribution in [0.5, 0.6) is 0 Å². The van der Waals surface area contributed by atoms with E-state index in [1.54, 1.807) is 11.9 Å². The number of aliphatic hydroxyl groups excluding tert-OH is 1. The number of pyridine rings is 1. The molecule has 2 heterocycles. The van der Waals surface area contributed by atoms with Crippen LogP contribution in [0.15, 0.2) is 24.4 Å². The predicted molar refractivity (Wildman–Crippen MR) is 85.4 cm³/mol. The van der Waals surface area contributed by atoms with Crippen LogP contribution in [0.4, 0.5) is 4.79 Å². The number of likely N-dealkylation sites (tertiary alicyclic amines) is 1. The largest absolute Gasteiger partial charge is 0.394 e. The summed E-state index contributed by atoms with van der Waals surface area (Å²) in [7, 11) is 1.71. The van der Waals surface area contributed by atoms with Crippen LogP contribution in [0.3, 0.4) is 0 Å². The lowest BCUT2D eigenvalue weighted by Gasteiger charge is -2.33. The van der Waals surface area contributed by atoms with Gasteiger partial charge in [-0.1, -0.05) is 6.07 Å². The lowest BCUT2D eigenvalue weighted by molar-refractivity contribution is 0.145. The Bertz CT molecular complexity index is 460. The molecule has 122 valence electrons. The minimum absolute atomic E-state index is 0.0214. The Hall–Kier alpha value is -1.66. The third-order valence-electron chi connectivity index (χ3n) is 4.27. The Labute approximate surface area is 132 Å². The number of piperidine rings is 1. The second-order valence-corrected chi connectivity index (χ2v) is 5.96. The number of hydrogen-bond donors (Lipinski definition) is 2. The number of aromatic nitrogens is 1. The molecule has 2 rings (SSSR count). The summed E-state index contributed by atoms with van der Waals surface area (Å²) in [6.07, 6.45) is 3.71. The monoisotopic (exact) mass is 306 g/mol. The summed E-state index contributed by atoms with van der Waals surface area (Å²) in [6.45, 7) is 4.59. The highest BCUT2D eigenvalue weighted by atomic mass is 16.3. The number of amides is 2. The van der Waals surface area contributed by atoms with E-state index in [4.69, 9.17) is 5.11 Å². The lowest BCUT2D eigenvalue weighted by atomic mass is 10.0. The van der Waals surface area contributed by atoms with Crippen LogP contribution >= 0.6 is 0 Å². The molecule has 0 aliphatic carbocycles. The summed E-state index contributed by atoms with van der Waals surface area (Å²) in [5, 5.41) is 12.2.